The van der Waals surface area contributed by atoms with Gasteiger partial charge in [-0.2, -0.15) is 0 Å². The Hall–Kier alpha value is -1.88. The van der Waals surface area contributed by atoms with Gasteiger partial charge < -0.3 is 14.7 Å². The average molecular weight is 251 g/mol. The molecule has 98 valence electrons. The number of carbonyl (C=O) groups is 2. The maximum Gasteiger partial charge on any atom is 0.335 e. The molecule has 0 aliphatic rings. The summed E-state index contributed by atoms with van der Waals surface area (Å²) in [6.45, 7) is 2.34. The van der Waals surface area contributed by atoms with Gasteiger partial charge in [0.15, 0.2) is 0 Å². The highest BCUT2D eigenvalue weighted by atomic mass is 16.5. The van der Waals surface area contributed by atoms with Gasteiger partial charge in [-0.15, -0.1) is 0 Å². The molecule has 5 nitrogen and oxygen atoms in total. The van der Waals surface area contributed by atoms with Crippen LogP contribution in [0.2, 0.25) is 0 Å². The van der Waals surface area contributed by atoms with Crippen molar-refractivity contribution in [1.29, 1.82) is 0 Å². The minimum Gasteiger partial charge on any atom is -0.478 e. The summed E-state index contributed by atoms with van der Waals surface area (Å²) in [5.74, 6) is -1.16. The van der Waals surface area contributed by atoms with E-state index in [0.717, 1.165) is 0 Å². The Labute approximate surface area is 106 Å². The number of methoxy groups -OCH3 is 1. The molecule has 18 heavy (non-hydrogen) atoms. The molecule has 0 saturated carbocycles. The summed E-state index contributed by atoms with van der Waals surface area (Å²) in [7, 11) is 3.27. The van der Waals surface area contributed by atoms with Gasteiger partial charge in [-0.1, -0.05) is 0 Å². The molecule has 0 spiro atoms. The highest BCUT2D eigenvalue weighted by molar-refractivity contribution is 5.95. The predicted octanol–water partition coefficient (Wildman–Crippen LogP) is 1.49. The molecular weight excluding hydrogens is 234 g/mol. The number of ether oxygens (including phenoxy) is 1. The van der Waals surface area contributed by atoms with Crippen LogP contribution in [0, 0.1) is 0 Å². The molecule has 0 bridgehead atoms. The van der Waals surface area contributed by atoms with E-state index < -0.39 is 5.97 Å². The van der Waals surface area contributed by atoms with Crippen LogP contribution >= 0.6 is 0 Å². The monoisotopic (exact) mass is 251 g/mol. The Bertz CT molecular complexity index is 427. The van der Waals surface area contributed by atoms with E-state index in [1.807, 2.05) is 6.92 Å². The minimum atomic E-state index is -1.00. The van der Waals surface area contributed by atoms with Gasteiger partial charge in [0.2, 0.25) is 0 Å². The van der Waals surface area contributed by atoms with Crippen LogP contribution in [0.25, 0.3) is 0 Å². The third-order valence-electron chi connectivity index (χ3n) is 2.77. The number of aromatic carboxylic acids is 1. The molecule has 0 aliphatic heterocycles. The first-order chi connectivity index (χ1) is 8.47. The van der Waals surface area contributed by atoms with Crippen LogP contribution in [-0.2, 0) is 4.74 Å². The second kappa shape index (κ2) is 6.16. The Morgan fingerprint density at radius 1 is 1.28 bits per heavy atom. The fraction of sp³-hybridized carbons (Fsp3) is 0.385. The molecule has 0 radical (unpaired) electrons. The number of carbonyl (C=O) groups excluding carboxylic acids is 1. The third-order valence-corrected chi connectivity index (χ3v) is 2.77. The Kier molecular flexibility index (Phi) is 4.85. The van der Waals surface area contributed by atoms with Gasteiger partial charge in [-0.25, -0.2) is 4.79 Å². The van der Waals surface area contributed by atoms with Gasteiger partial charge in [0, 0.05) is 19.7 Å². The van der Waals surface area contributed by atoms with Crippen molar-refractivity contribution in [3.05, 3.63) is 35.4 Å². The van der Waals surface area contributed by atoms with E-state index in [4.69, 9.17) is 9.84 Å². The Morgan fingerprint density at radius 2 is 1.78 bits per heavy atom. The summed E-state index contributed by atoms with van der Waals surface area (Å²) in [5.41, 5.74) is 0.629. The predicted molar refractivity (Wildman–Crippen MR) is 66.8 cm³/mol. The number of carboxylic acid groups (broad SMARTS) is 1. The number of carboxylic acids is 1. The molecule has 0 saturated heterocycles. The van der Waals surface area contributed by atoms with Crippen LogP contribution in [-0.4, -0.2) is 48.7 Å². The third kappa shape index (κ3) is 3.30. The smallest absolute Gasteiger partial charge is 0.335 e. The second-order valence-electron chi connectivity index (χ2n) is 4.10. The number of likely N-dealkylation sites (N-methyl/N-ethyl adjacent to an activating group) is 1. The molecule has 1 N–H and O–H groups in total. The van der Waals surface area contributed by atoms with E-state index in [1.165, 1.54) is 24.3 Å². The number of nitrogens with zero attached hydrogens (tertiary/aromatic N) is 1. The summed E-state index contributed by atoms with van der Waals surface area (Å²) in [6, 6.07) is 5.83. The molecule has 1 atom stereocenters. The van der Waals surface area contributed by atoms with E-state index in [1.54, 1.807) is 19.1 Å². The van der Waals surface area contributed by atoms with Crippen molar-refractivity contribution in [2.24, 2.45) is 0 Å². The maximum absolute atomic E-state index is 12.1. The first-order valence-electron chi connectivity index (χ1n) is 5.56. The molecule has 1 rings (SSSR count). The quantitative estimate of drug-likeness (QED) is 0.861. The lowest BCUT2D eigenvalue weighted by atomic mass is 10.1. The average Bonchev–Trinajstić information content (AvgIpc) is 2.37. The first-order valence-corrected chi connectivity index (χ1v) is 5.56. The van der Waals surface area contributed by atoms with Crippen molar-refractivity contribution in [1.82, 2.24) is 4.90 Å². The van der Waals surface area contributed by atoms with E-state index >= 15 is 0 Å². The topological polar surface area (TPSA) is 66.8 Å². The van der Waals surface area contributed by atoms with Crippen molar-refractivity contribution in [2.45, 2.75) is 13.0 Å². The summed E-state index contributed by atoms with van der Waals surface area (Å²) in [4.78, 5) is 24.3. The molecule has 1 amide bonds. The Balaban J connectivity index is 2.80. The van der Waals surface area contributed by atoms with Crippen molar-refractivity contribution in [3.63, 3.8) is 0 Å². The molecule has 5 heteroatoms. The van der Waals surface area contributed by atoms with Crippen LogP contribution in [0.1, 0.15) is 27.6 Å². The zero-order valence-corrected chi connectivity index (χ0v) is 10.7. The van der Waals surface area contributed by atoms with E-state index in [0.29, 0.717) is 12.2 Å². The highest BCUT2D eigenvalue weighted by Gasteiger charge is 2.17. The standard InChI is InChI=1S/C13H17NO4/c1-9(8-18-3)14(2)12(15)10-4-6-11(7-5-10)13(16)17/h4-7,9H,8H2,1-3H3,(H,16,17). The van der Waals surface area contributed by atoms with Gasteiger partial charge in [-0.05, 0) is 31.2 Å². The lowest BCUT2D eigenvalue weighted by Gasteiger charge is -2.24. The fourth-order valence-electron chi connectivity index (χ4n) is 1.51. The molecule has 1 aromatic rings. The maximum atomic E-state index is 12.1. The van der Waals surface area contributed by atoms with Gasteiger partial charge in [0.25, 0.3) is 5.91 Å². The molecule has 0 aliphatic carbocycles. The molecule has 1 aromatic carbocycles. The molecular formula is C13H17NO4. The molecule has 0 heterocycles. The zero-order valence-electron chi connectivity index (χ0n) is 10.7. The number of hydrogen-bond acceptors (Lipinski definition) is 3. The van der Waals surface area contributed by atoms with Crippen LogP contribution < -0.4 is 0 Å². The second-order valence-corrected chi connectivity index (χ2v) is 4.10. The largest absolute Gasteiger partial charge is 0.478 e. The van der Waals surface area contributed by atoms with Crippen molar-refractivity contribution in [2.75, 3.05) is 20.8 Å². The van der Waals surface area contributed by atoms with E-state index in [-0.39, 0.29) is 17.5 Å². The van der Waals surface area contributed by atoms with Gasteiger partial charge in [-0.3, -0.25) is 4.79 Å². The number of amides is 1. The lowest BCUT2D eigenvalue weighted by molar-refractivity contribution is 0.0631. The number of rotatable bonds is 5. The summed E-state index contributed by atoms with van der Waals surface area (Å²) in [6.07, 6.45) is 0. The van der Waals surface area contributed by atoms with Crippen LogP contribution in [0.4, 0.5) is 0 Å². The van der Waals surface area contributed by atoms with Gasteiger partial charge >= 0.3 is 5.97 Å². The van der Waals surface area contributed by atoms with Gasteiger partial charge in [0.05, 0.1) is 18.2 Å². The van der Waals surface area contributed by atoms with E-state index in [2.05, 4.69) is 0 Å². The zero-order chi connectivity index (χ0) is 13.7. The van der Waals surface area contributed by atoms with E-state index in [9.17, 15) is 9.59 Å². The number of hydrogen-bond donors (Lipinski definition) is 1. The van der Waals surface area contributed by atoms with Crippen LogP contribution in [0.3, 0.4) is 0 Å². The van der Waals surface area contributed by atoms with Crippen LogP contribution in [0.15, 0.2) is 24.3 Å². The summed E-state index contributed by atoms with van der Waals surface area (Å²) in [5, 5.41) is 8.77. The van der Waals surface area contributed by atoms with Crippen molar-refractivity contribution in [3.8, 4) is 0 Å². The summed E-state index contributed by atoms with van der Waals surface area (Å²) < 4.78 is 4.99. The molecule has 0 fully saturated rings. The fourth-order valence-corrected chi connectivity index (χ4v) is 1.51. The molecule has 0 aromatic heterocycles. The summed E-state index contributed by atoms with van der Waals surface area (Å²) >= 11 is 0. The highest BCUT2D eigenvalue weighted by Crippen LogP contribution is 2.09. The number of benzene rings is 1. The minimum absolute atomic E-state index is 0.0401. The van der Waals surface area contributed by atoms with Gasteiger partial charge in [0.1, 0.15) is 0 Å². The SMILES string of the molecule is COCC(C)N(C)C(=O)c1ccc(C(=O)O)cc1. The lowest BCUT2D eigenvalue weighted by Crippen LogP contribution is -2.37. The Morgan fingerprint density at radius 3 is 2.22 bits per heavy atom. The molecule has 1 unspecified atom stereocenters. The van der Waals surface area contributed by atoms with Crippen LogP contribution in [0.5, 0.6) is 0 Å². The normalized spacial score (nSPS) is 11.9. The first kappa shape index (κ1) is 14.2. The van der Waals surface area contributed by atoms with Crippen molar-refractivity contribution < 1.29 is 19.4 Å². The van der Waals surface area contributed by atoms with Crippen molar-refractivity contribution >= 4 is 11.9 Å².